The Morgan fingerprint density at radius 2 is 1.97 bits per heavy atom. The van der Waals surface area contributed by atoms with E-state index >= 15 is 0 Å². The van der Waals surface area contributed by atoms with Gasteiger partial charge in [0.1, 0.15) is 0 Å². The second-order valence-corrected chi connectivity index (χ2v) is 6.64. The molecule has 0 saturated heterocycles. The van der Waals surface area contributed by atoms with E-state index in [-0.39, 0.29) is 5.90 Å². The lowest BCUT2D eigenvalue weighted by Gasteiger charge is -2.10. The molecule has 0 spiro atoms. The number of nitrogens with zero attached hydrogens (tertiary/aromatic N) is 6. The van der Waals surface area contributed by atoms with Crippen LogP contribution in [0.1, 0.15) is 11.1 Å². The van der Waals surface area contributed by atoms with Crippen molar-refractivity contribution >= 4 is 16.7 Å². The molecule has 0 aliphatic rings. The maximum absolute atomic E-state index is 12.7. The molecule has 0 amide bonds. The molecule has 2 aromatic carbocycles. The van der Waals surface area contributed by atoms with Crippen molar-refractivity contribution in [2.75, 3.05) is 7.05 Å². The molecule has 0 saturated carbocycles. The molecule has 0 aliphatic carbocycles. The first kappa shape index (κ1) is 20.3. The molecular weight excluding hydrogens is 402 g/mol. The molecule has 7 nitrogen and oxygen atoms in total. The fraction of sp³-hybridized carbons (Fsp3) is 0.136. The fourth-order valence-corrected chi connectivity index (χ4v) is 3.05. The standard InChI is InChI=1S/C22H18F2N6O/c1-14(20(23)24)31-22(25-2)16-8-6-15(7-9-16)13-30-28-21(27-29-30)19-5-3-4-17-12-26-11-10-18(17)19/h3-12,20H,1,13H2,2H3. The summed E-state index contributed by atoms with van der Waals surface area (Å²) in [5, 5.41) is 14.8. The number of tetrazole rings is 1. The first-order chi connectivity index (χ1) is 15.0. The van der Waals surface area contributed by atoms with Crippen LogP contribution in [0.2, 0.25) is 0 Å². The van der Waals surface area contributed by atoms with Gasteiger partial charge >= 0.3 is 0 Å². The average molecular weight is 420 g/mol. The van der Waals surface area contributed by atoms with Gasteiger partial charge in [-0.3, -0.25) is 9.98 Å². The van der Waals surface area contributed by atoms with Crippen molar-refractivity contribution in [3.63, 3.8) is 0 Å². The summed E-state index contributed by atoms with van der Waals surface area (Å²) >= 11 is 0. The summed E-state index contributed by atoms with van der Waals surface area (Å²) < 4.78 is 30.4. The van der Waals surface area contributed by atoms with E-state index in [4.69, 9.17) is 4.74 Å². The molecule has 0 unspecified atom stereocenters. The Morgan fingerprint density at radius 1 is 1.16 bits per heavy atom. The van der Waals surface area contributed by atoms with Gasteiger partial charge in [-0.2, -0.15) is 4.80 Å². The van der Waals surface area contributed by atoms with E-state index < -0.39 is 12.2 Å². The van der Waals surface area contributed by atoms with Crippen LogP contribution >= 0.6 is 0 Å². The number of aromatic nitrogens is 5. The highest BCUT2D eigenvalue weighted by Gasteiger charge is 2.15. The number of pyridine rings is 1. The molecule has 4 aromatic rings. The number of hydrogen-bond donors (Lipinski definition) is 0. The number of ether oxygens (including phenoxy) is 1. The minimum absolute atomic E-state index is 0.0727. The minimum Gasteiger partial charge on any atom is -0.438 e. The van der Waals surface area contributed by atoms with Crippen LogP contribution in [0.5, 0.6) is 0 Å². The summed E-state index contributed by atoms with van der Waals surface area (Å²) in [6.07, 6.45) is 0.743. The van der Waals surface area contributed by atoms with E-state index in [0.29, 0.717) is 17.9 Å². The SMILES string of the molecule is C=C(OC(=NC)c1ccc(Cn2nnc(-c3cccc4cnccc34)n2)cc1)C(F)F. The highest BCUT2D eigenvalue weighted by molar-refractivity contribution is 5.95. The first-order valence-electron chi connectivity index (χ1n) is 9.37. The molecular formula is C22H18F2N6O. The number of aliphatic imine (C=N–C) groups is 1. The van der Waals surface area contributed by atoms with Crippen LogP contribution in [0.25, 0.3) is 22.2 Å². The molecule has 4 rings (SSSR count). The van der Waals surface area contributed by atoms with Crippen molar-refractivity contribution in [3.8, 4) is 11.4 Å². The molecule has 0 N–H and O–H groups in total. The predicted molar refractivity (Wildman–Crippen MR) is 113 cm³/mol. The van der Waals surface area contributed by atoms with E-state index in [1.54, 1.807) is 24.5 Å². The Labute approximate surface area is 176 Å². The number of benzene rings is 2. The summed E-state index contributed by atoms with van der Waals surface area (Å²) in [5.41, 5.74) is 2.34. The fourth-order valence-electron chi connectivity index (χ4n) is 3.05. The molecule has 0 bridgehead atoms. The van der Waals surface area contributed by atoms with E-state index in [2.05, 4.69) is 32.0 Å². The Hall–Kier alpha value is -4.01. The molecule has 0 radical (unpaired) electrons. The maximum Gasteiger partial charge on any atom is 0.294 e. The van der Waals surface area contributed by atoms with Gasteiger partial charge in [-0.05, 0) is 34.4 Å². The zero-order chi connectivity index (χ0) is 21.8. The third kappa shape index (κ3) is 4.45. The summed E-state index contributed by atoms with van der Waals surface area (Å²) in [6.45, 7) is 3.60. The van der Waals surface area contributed by atoms with Crippen LogP contribution in [0.15, 0.2) is 78.3 Å². The predicted octanol–water partition coefficient (Wildman–Crippen LogP) is 4.11. The Balaban J connectivity index is 1.51. The molecule has 0 aliphatic heterocycles. The van der Waals surface area contributed by atoms with Crippen molar-refractivity contribution in [2.45, 2.75) is 13.0 Å². The monoisotopic (exact) mass is 420 g/mol. The highest BCUT2D eigenvalue weighted by atomic mass is 19.3. The van der Waals surface area contributed by atoms with Gasteiger partial charge in [0.25, 0.3) is 6.43 Å². The van der Waals surface area contributed by atoms with Crippen molar-refractivity contribution in [2.24, 2.45) is 4.99 Å². The zero-order valence-electron chi connectivity index (χ0n) is 16.6. The van der Waals surface area contributed by atoms with Crippen LogP contribution in [-0.4, -0.2) is 44.6 Å². The normalized spacial score (nSPS) is 11.8. The number of allylic oxidation sites excluding steroid dienone is 1. The lowest BCUT2D eigenvalue weighted by Crippen LogP contribution is -2.11. The van der Waals surface area contributed by atoms with Gasteiger partial charge in [-0.15, -0.1) is 10.2 Å². The number of rotatable bonds is 6. The van der Waals surface area contributed by atoms with E-state index in [1.165, 1.54) is 11.8 Å². The second-order valence-electron chi connectivity index (χ2n) is 6.64. The van der Waals surface area contributed by atoms with Crippen LogP contribution in [0.4, 0.5) is 8.78 Å². The van der Waals surface area contributed by atoms with Gasteiger partial charge in [0, 0.05) is 36.0 Å². The third-order valence-electron chi connectivity index (χ3n) is 4.57. The van der Waals surface area contributed by atoms with Gasteiger partial charge in [-0.1, -0.05) is 36.9 Å². The summed E-state index contributed by atoms with van der Waals surface area (Å²) in [7, 11) is 1.46. The van der Waals surface area contributed by atoms with Gasteiger partial charge in [-0.25, -0.2) is 8.78 Å². The van der Waals surface area contributed by atoms with Gasteiger partial charge in [0.2, 0.25) is 11.7 Å². The molecule has 2 aromatic heterocycles. The number of halogens is 2. The Bertz CT molecular complexity index is 1250. The van der Waals surface area contributed by atoms with E-state index in [0.717, 1.165) is 21.9 Å². The molecule has 0 fully saturated rings. The quantitative estimate of drug-likeness (QED) is 0.267. The van der Waals surface area contributed by atoms with Crippen LogP contribution < -0.4 is 0 Å². The second kappa shape index (κ2) is 8.78. The maximum atomic E-state index is 12.7. The van der Waals surface area contributed by atoms with E-state index in [1.807, 2.05) is 36.4 Å². The zero-order valence-corrected chi connectivity index (χ0v) is 16.6. The summed E-state index contributed by atoms with van der Waals surface area (Å²) in [5.74, 6) is -0.0514. The lowest BCUT2D eigenvalue weighted by atomic mass is 10.1. The summed E-state index contributed by atoms with van der Waals surface area (Å²) in [4.78, 5) is 9.54. The smallest absolute Gasteiger partial charge is 0.294 e. The lowest BCUT2D eigenvalue weighted by molar-refractivity contribution is 0.135. The highest BCUT2D eigenvalue weighted by Crippen LogP contribution is 2.25. The number of fused-ring (bicyclic) bond motifs is 1. The summed E-state index contributed by atoms with van der Waals surface area (Å²) in [6, 6.07) is 14.9. The molecule has 156 valence electrons. The molecule has 2 heterocycles. The van der Waals surface area contributed by atoms with Crippen LogP contribution in [0.3, 0.4) is 0 Å². The van der Waals surface area contributed by atoms with Crippen LogP contribution in [-0.2, 0) is 11.3 Å². The van der Waals surface area contributed by atoms with Gasteiger partial charge in [0.05, 0.1) is 6.54 Å². The van der Waals surface area contributed by atoms with Crippen molar-refractivity contribution in [1.29, 1.82) is 0 Å². The minimum atomic E-state index is -2.78. The average Bonchev–Trinajstić information content (AvgIpc) is 3.25. The first-order valence-corrected chi connectivity index (χ1v) is 9.37. The largest absolute Gasteiger partial charge is 0.438 e. The van der Waals surface area contributed by atoms with E-state index in [9.17, 15) is 8.78 Å². The molecule has 9 heteroatoms. The van der Waals surface area contributed by atoms with Crippen molar-refractivity contribution < 1.29 is 13.5 Å². The van der Waals surface area contributed by atoms with Crippen molar-refractivity contribution in [1.82, 2.24) is 25.2 Å². The topological polar surface area (TPSA) is 78.1 Å². The van der Waals surface area contributed by atoms with Gasteiger partial charge in [0.15, 0.2) is 5.76 Å². The van der Waals surface area contributed by atoms with Crippen molar-refractivity contribution in [3.05, 3.63) is 84.4 Å². The molecule has 31 heavy (non-hydrogen) atoms. The number of alkyl halides is 2. The third-order valence-corrected chi connectivity index (χ3v) is 4.57. The Morgan fingerprint density at radius 3 is 2.71 bits per heavy atom. The number of hydrogen-bond acceptors (Lipinski definition) is 6. The Kier molecular flexibility index (Phi) is 5.74. The molecule has 0 atom stereocenters. The van der Waals surface area contributed by atoms with Crippen LogP contribution in [0, 0.1) is 0 Å². The van der Waals surface area contributed by atoms with Gasteiger partial charge < -0.3 is 4.74 Å².